The van der Waals surface area contributed by atoms with Gasteiger partial charge >= 0.3 is 10.4 Å². The molecular weight excluding hydrogens is 300 g/mol. The fourth-order valence-corrected chi connectivity index (χ4v) is 4.92. The molecule has 0 aliphatic carbocycles. The van der Waals surface area contributed by atoms with E-state index >= 15 is 0 Å². The summed E-state index contributed by atoms with van der Waals surface area (Å²) in [6.07, 6.45) is 0.877. The maximum atomic E-state index is 11.4. The quantitative estimate of drug-likeness (QED) is 0.507. The second-order valence-corrected chi connectivity index (χ2v) is 12.9. The van der Waals surface area contributed by atoms with Crippen molar-refractivity contribution in [1.29, 1.82) is 0 Å². The van der Waals surface area contributed by atoms with Gasteiger partial charge in [0, 0.05) is 0 Å². The molecule has 0 bridgehead atoms. The summed E-state index contributed by atoms with van der Waals surface area (Å²) in [5, 5.41) is 0. The van der Waals surface area contributed by atoms with Gasteiger partial charge in [0.2, 0.25) is 8.32 Å². The minimum atomic E-state index is -4.14. The third-order valence-electron chi connectivity index (χ3n) is 1.28. The molecule has 0 atom stereocenters. The smallest absolute Gasteiger partial charge is 0.294 e. The first-order chi connectivity index (χ1) is 7.62. The van der Waals surface area contributed by atoms with Crippen molar-refractivity contribution in [2.45, 2.75) is 39.1 Å². The lowest BCUT2D eigenvalue weighted by Gasteiger charge is -2.24. The van der Waals surface area contributed by atoms with Gasteiger partial charge in [0.1, 0.15) is 5.60 Å². The normalized spacial score (nSPS) is 14.8. The van der Waals surface area contributed by atoms with Gasteiger partial charge in [0.25, 0.3) is 10.1 Å². The molecule has 0 spiro atoms. The van der Waals surface area contributed by atoms with Crippen LogP contribution in [0.25, 0.3) is 0 Å². The molecule has 0 N–H and O–H groups in total. The monoisotopic (exact) mass is 320 g/mol. The summed E-state index contributed by atoms with van der Waals surface area (Å²) in [7, 11) is -10.1. The predicted molar refractivity (Wildman–Crippen MR) is 69.3 cm³/mol. The molecule has 0 saturated heterocycles. The van der Waals surface area contributed by atoms with E-state index in [0.29, 0.717) is 0 Å². The van der Waals surface area contributed by atoms with Crippen molar-refractivity contribution in [3.8, 4) is 0 Å². The van der Waals surface area contributed by atoms with Crippen molar-refractivity contribution in [2.24, 2.45) is 0 Å². The van der Waals surface area contributed by atoms with E-state index in [4.69, 9.17) is 3.87 Å². The van der Waals surface area contributed by atoms with Crippen molar-refractivity contribution in [1.82, 2.24) is 0 Å². The highest BCUT2D eigenvalue weighted by Crippen LogP contribution is 2.16. The Labute approximate surface area is 110 Å². The van der Waals surface area contributed by atoms with E-state index in [0.717, 1.165) is 6.26 Å². The molecule has 10 heteroatoms. The Bertz CT molecular complexity index is 472. The number of hydrogen-bond donors (Lipinski definition) is 0. The molecule has 0 aromatic carbocycles. The third kappa shape index (κ3) is 9.97. The van der Waals surface area contributed by atoms with Gasteiger partial charge in [-0.2, -0.15) is 16.8 Å². The van der Waals surface area contributed by atoms with Gasteiger partial charge in [-0.3, -0.25) is 8.06 Å². The van der Waals surface area contributed by atoms with Gasteiger partial charge in [-0.15, -0.1) is 0 Å². The molecule has 0 aliphatic rings. The van der Waals surface area contributed by atoms with Crippen LogP contribution in [0.1, 0.15) is 13.8 Å². The van der Waals surface area contributed by atoms with Crippen LogP contribution in [-0.4, -0.2) is 43.6 Å². The van der Waals surface area contributed by atoms with E-state index in [-0.39, 0.29) is 0 Å². The Morgan fingerprint density at radius 3 is 1.83 bits per heavy atom. The summed E-state index contributed by atoms with van der Waals surface area (Å²) in [4.78, 5) is 0. The van der Waals surface area contributed by atoms with Gasteiger partial charge in [-0.25, -0.2) is 4.18 Å². The zero-order valence-electron chi connectivity index (χ0n) is 11.4. The molecule has 0 aromatic heterocycles. The fraction of sp³-hybridized carbons (Fsp3) is 1.00. The molecular formula is C8H20O7S2Si. The van der Waals surface area contributed by atoms with Crippen molar-refractivity contribution in [3.05, 3.63) is 0 Å². The average molecular weight is 320 g/mol. The molecule has 0 rings (SSSR count). The first kappa shape index (κ1) is 18.0. The van der Waals surface area contributed by atoms with Gasteiger partial charge in [-0.1, -0.05) is 0 Å². The van der Waals surface area contributed by atoms with Crippen LogP contribution >= 0.6 is 0 Å². The highest BCUT2D eigenvalue weighted by atomic mass is 32.3. The molecule has 0 aromatic rings. The Morgan fingerprint density at radius 2 is 1.50 bits per heavy atom. The van der Waals surface area contributed by atoms with Crippen LogP contribution in [0.4, 0.5) is 0 Å². The number of hydrogen-bond acceptors (Lipinski definition) is 7. The van der Waals surface area contributed by atoms with E-state index in [9.17, 15) is 16.8 Å². The van der Waals surface area contributed by atoms with E-state index < -0.39 is 41.0 Å². The first-order valence-electron chi connectivity index (χ1n) is 5.13. The Morgan fingerprint density at radius 1 is 1.06 bits per heavy atom. The van der Waals surface area contributed by atoms with Crippen LogP contribution in [0.5, 0.6) is 0 Å². The lowest BCUT2D eigenvalue weighted by atomic mass is 10.2. The molecule has 7 nitrogen and oxygen atoms in total. The van der Waals surface area contributed by atoms with Crippen LogP contribution in [0, 0.1) is 0 Å². The van der Waals surface area contributed by atoms with Crippen LogP contribution < -0.4 is 0 Å². The molecule has 0 saturated carbocycles. The summed E-state index contributed by atoms with van der Waals surface area (Å²) >= 11 is 0. The molecule has 18 heavy (non-hydrogen) atoms. The SMILES string of the molecule is CC(C)(COS(=O)(=O)O[Si](C)(C)C)OS(C)(=O)=O. The van der Waals surface area contributed by atoms with Crippen LogP contribution in [0.15, 0.2) is 0 Å². The van der Waals surface area contributed by atoms with Gasteiger partial charge in [0.05, 0.1) is 12.9 Å². The fourth-order valence-electron chi connectivity index (χ4n) is 0.978. The highest BCUT2D eigenvalue weighted by molar-refractivity contribution is 7.86. The lowest BCUT2D eigenvalue weighted by molar-refractivity contribution is 0.0569. The Balaban J connectivity index is 4.58. The standard InChI is InChI=1S/C8H20O7S2Si/c1-8(2,14-16(3,9)10)7-13-17(11,12)15-18(4,5)6/h7H2,1-6H3. The molecule has 0 fully saturated rings. The Kier molecular flexibility index (Phi) is 5.55. The summed E-state index contributed by atoms with van der Waals surface area (Å²) in [6.45, 7) is 7.41. The van der Waals surface area contributed by atoms with Gasteiger partial charge < -0.3 is 0 Å². The van der Waals surface area contributed by atoms with Crippen molar-refractivity contribution in [3.63, 3.8) is 0 Å². The maximum absolute atomic E-state index is 11.4. The number of rotatable bonds is 7. The van der Waals surface area contributed by atoms with E-state index in [2.05, 4.69) is 8.37 Å². The molecule has 110 valence electrons. The summed E-state index contributed by atoms with van der Waals surface area (Å²) in [6, 6.07) is 0. The third-order valence-corrected chi connectivity index (χ3v) is 5.26. The lowest BCUT2D eigenvalue weighted by Crippen LogP contribution is -2.37. The van der Waals surface area contributed by atoms with Crippen molar-refractivity contribution >= 4 is 28.8 Å². The van der Waals surface area contributed by atoms with Crippen LogP contribution in [0.3, 0.4) is 0 Å². The molecule has 0 aliphatic heterocycles. The summed E-state index contributed by atoms with van der Waals surface area (Å²) in [5.74, 6) is 0. The molecule has 0 unspecified atom stereocenters. The van der Waals surface area contributed by atoms with Gasteiger partial charge in [-0.05, 0) is 33.5 Å². The van der Waals surface area contributed by atoms with Crippen molar-refractivity contribution < 1.29 is 29.1 Å². The molecule has 0 radical (unpaired) electrons. The van der Waals surface area contributed by atoms with Crippen LogP contribution in [-0.2, 0) is 32.8 Å². The summed E-state index contributed by atoms with van der Waals surface area (Å²) in [5.41, 5.74) is -1.29. The summed E-state index contributed by atoms with van der Waals surface area (Å²) < 4.78 is 58.9. The topological polar surface area (TPSA) is 96.0 Å². The minimum Gasteiger partial charge on any atom is -0.294 e. The maximum Gasteiger partial charge on any atom is 0.390 e. The van der Waals surface area contributed by atoms with Gasteiger partial charge in [0.15, 0.2) is 0 Å². The zero-order chi connectivity index (χ0) is 14.8. The second-order valence-electron chi connectivity index (χ2n) is 5.41. The highest BCUT2D eigenvalue weighted by Gasteiger charge is 2.30. The minimum absolute atomic E-state index is 0.452. The average Bonchev–Trinajstić information content (AvgIpc) is 1.91. The molecule has 0 heterocycles. The second kappa shape index (κ2) is 5.55. The Hall–Kier alpha value is -0.00312. The van der Waals surface area contributed by atoms with E-state index in [1.807, 2.05) is 0 Å². The van der Waals surface area contributed by atoms with Crippen molar-refractivity contribution in [2.75, 3.05) is 12.9 Å². The van der Waals surface area contributed by atoms with E-state index in [1.54, 1.807) is 19.6 Å². The predicted octanol–water partition coefficient (Wildman–Crippen LogP) is 0.854. The molecule has 0 amide bonds. The van der Waals surface area contributed by atoms with E-state index in [1.165, 1.54) is 13.8 Å². The zero-order valence-corrected chi connectivity index (χ0v) is 14.0. The largest absolute Gasteiger partial charge is 0.390 e. The first-order valence-corrected chi connectivity index (χ1v) is 11.7. The van der Waals surface area contributed by atoms with Crippen LogP contribution in [0.2, 0.25) is 19.6 Å².